The minimum absolute atomic E-state index is 0.0619. The van der Waals surface area contributed by atoms with Gasteiger partial charge in [-0.25, -0.2) is 0 Å². The lowest BCUT2D eigenvalue weighted by Crippen LogP contribution is -2.30. The highest BCUT2D eigenvalue weighted by molar-refractivity contribution is 6.23. The normalized spacial score (nSPS) is 12.6. The summed E-state index contributed by atoms with van der Waals surface area (Å²) in [4.78, 5) is 48.5. The van der Waals surface area contributed by atoms with Crippen LogP contribution in [0.25, 0.3) is 0 Å². The molecule has 0 bridgehead atoms. The van der Waals surface area contributed by atoms with Crippen molar-refractivity contribution in [2.75, 3.05) is 19.0 Å². The Kier molecular flexibility index (Phi) is 6.41. The maximum absolute atomic E-state index is 12.5. The van der Waals surface area contributed by atoms with Gasteiger partial charge in [-0.05, 0) is 31.0 Å². The lowest BCUT2D eigenvalue weighted by Gasteiger charge is -2.13. The van der Waals surface area contributed by atoms with Crippen LogP contribution < -0.4 is 10.1 Å². The molecule has 9 heteroatoms. The predicted molar refractivity (Wildman–Crippen MR) is 109 cm³/mol. The van der Waals surface area contributed by atoms with Crippen LogP contribution in [0.2, 0.25) is 0 Å². The number of nitro benzene ring substituents is 1. The molecule has 1 heterocycles. The number of anilines is 1. The molecule has 3 amide bonds. The van der Waals surface area contributed by atoms with Gasteiger partial charge < -0.3 is 10.1 Å². The fourth-order valence-electron chi connectivity index (χ4n) is 3.33. The van der Waals surface area contributed by atoms with Gasteiger partial charge >= 0.3 is 0 Å². The summed E-state index contributed by atoms with van der Waals surface area (Å²) in [6.07, 6.45) is 2.01. The summed E-state index contributed by atoms with van der Waals surface area (Å²) in [5.41, 5.74) is 0.201. The molecule has 2 aromatic rings. The first kappa shape index (κ1) is 21.0. The van der Waals surface area contributed by atoms with Gasteiger partial charge in [0.05, 0.1) is 17.6 Å². The van der Waals surface area contributed by atoms with Crippen LogP contribution in [0.3, 0.4) is 0 Å². The van der Waals surface area contributed by atoms with Gasteiger partial charge in [0.1, 0.15) is 11.3 Å². The van der Waals surface area contributed by atoms with Crippen LogP contribution in [-0.2, 0) is 4.79 Å². The first-order valence-electron chi connectivity index (χ1n) is 9.50. The predicted octanol–water partition coefficient (Wildman–Crippen LogP) is 3.40. The van der Waals surface area contributed by atoms with Crippen molar-refractivity contribution in [3.05, 3.63) is 63.7 Å². The SMILES string of the molecule is COc1cccc(NC(=O)CCCCCN2C(=O)c3cccc([N+](=O)[O-])c3C2=O)c1. The number of imide groups is 1. The Morgan fingerprint density at radius 3 is 2.60 bits per heavy atom. The summed E-state index contributed by atoms with van der Waals surface area (Å²) < 4.78 is 5.11. The molecule has 0 radical (unpaired) electrons. The lowest BCUT2D eigenvalue weighted by atomic mass is 10.1. The number of carbonyl (C=O) groups is 3. The number of fused-ring (bicyclic) bond motifs is 1. The largest absolute Gasteiger partial charge is 0.497 e. The number of nitro groups is 1. The first-order valence-corrected chi connectivity index (χ1v) is 9.50. The quantitative estimate of drug-likeness (QED) is 0.292. The molecule has 0 unspecified atom stereocenters. The van der Waals surface area contributed by atoms with Crippen molar-refractivity contribution in [1.82, 2.24) is 4.90 Å². The molecule has 1 aliphatic rings. The Morgan fingerprint density at radius 1 is 1.10 bits per heavy atom. The molecule has 156 valence electrons. The van der Waals surface area contributed by atoms with Crippen molar-refractivity contribution >= 4 is 29.1 Å². The summed E-state index contributed by atoms with van der Waals surface area (Å²) in [5.74, 6) is -0.652. The number of carbonyl (C=O) groups excluding carboxylic acids is 3. The van der Waals surface area contributed by atoms with Crippen molar-refractivity contribution in [1.29, 1.82) is 0 Å². The lowest BCUT2D eigenvalue weighted by molar-refractivity contribution is -0.385. The maximum Gasteiger partial charge on any atom is 0.282 e. The molecule has 9 nitrogen and oxygen atoms in total. The Morgan fingerprint density at radius 2 is 1.87 bits per heavy atom. The molecule has 1 N–H and O–H groups in total. The molecule has 0 saturated carbocycles. The number of hydrogen-bond acceptors (Lipinski definition) is 6. The third-order valence-electron chi connectivity index (χ3n) is 4.81. The highest BCUT2D eigenvalue weighted by atomic mass is 16.6. The van der Waals surface area contributed by atoms with Gasteiger partial charge in [0.25, 0.3) is 17.5 Å². The Balaban J connectivity index is 1.46. The van der Waals surface area contributed by atoms with Crippen LogP contribution in [-0.4, -0.2) is 41.2 Å². The van der Waals surface area contributed by atoms with E-state index in [9.17, 15) is 24.5 Å². The van der Waals surface area contributed by atoms with Crippen LogP contribution in [0.5, 0.6) is 5.75 Å². The smallest absolute Gasteiger partial charge is 0.282 e. The van der Waals surface area contributed by atoms with E-state index in [0.717, 1.165) is 4.90 Å². The van der Waals surface area contributed by atoms with E-state index in [1.807, 2.05) is 0 Å². The second-order valence-electron chi connectivity index (χ2n) is 6.81. The van der Waals surface area contributed by atoms with Crippen molar-refractivity contribution in [2.45, 2.75) is 25.7 Å². The van der Waals surface area contributed by atoms with E-state index < -0.39 is 16.7 Å². The van der Waals surface area contributed by atoms with E-state index in [1.165, 1.54) is 18.2 Å². The van der Waals surface area contributed by atoms with Crippen molar-refractivity contribution in [2.24, 2.45) is 0 Å². The van der Waals surface area contributed by atoms with Crippen molar-refractivity contribution < 1.29 is 24.0 Å². The number of rotatable bonds is 9. The molecule has 0 atom stereocenters. The molecule has 0 spiro atoms. The Bertz CT molecular complexity index is 1000. The number of nitrogens with zero attached hydrogens (tertiary/aromatic N) is 2. The summed E-state index contributed by atoms with van der Waals surface area (Å²) in [7, 11) is 1.55. The molecule has 3 rings (SSSR count). The number of hydrogen-bond donors (Lipinski definition) is 1. The van der Waals surface area contributed by atoms with Gasteiger partial charge in [-0.15, -0.1) is 0 Å². The monoisotopic (exact) mass is 411 g/mol. The molecule has 1 aliphatic heterocycles. The highest BCUT2D eigenvalue weighted by Gasteiger charge is 2.40. The second-order valence-corrected chi connectivity index (χ2v) is 6.81. The topological polar surface area (TPSA) is 119 Å². The molecular weight excluding hydrogens is 390 g/mol. The van der Waals surface area contributed by atoms with Crippen LogP contribution in [0.1, 0.15) is 46.4 Å². The third kappa shape index (κ3) is 4.45. The molecule has 0 aromatic heterocycles. The number of ether oxygens (including phenoxy) is 1. The minimum atomic E-state index is -0.658. The van der Waals surface area contributed by atoms with E-state index in [-0.39, 0.29) is 29.3 Å². The van der Waals surface area contributed by atoms with Gasteiger partial charge in [0, 0.05) is 30.8 Å². The number of methoxy groups -OCH3 is 1. The van der Waals surface area contributed by atoms with Crippen LogP contribution in [0, 0.1) is 10.1 Å². The zero-order chi connectivity index (χ0) is 21.7. The van der Waals surface area contributed by atoms with Crippen molar-refractivity contribution in [3.63, 3.8) is 0 Å². The molecule has 0 saturated heterocycles. The van der Waals surface area contributed by atoms with Gasteiger partial charge in [-0.3, -0.25) is 29.4 Å². The van der Waals surface area contributed by atoms with Gasteiger partial charge in [-0.2, -0.15) is 0 Å². The van der Waals surface area contributed by atoms with Crippen molar-refractivity contribution in [3.8, 4) is 5.75 Å². The number of unbranched alkanes of at least 4 members (excludes halogenated alkanes) is 2. The summed E-state index contributed by atoms with van der Waals surface area (Å²) in [5, 5.41) is 13.9. The van der Waals surface area contributed by atoms with Crippen LogP contribution in [0.15, 0.2) is 42.5 Å². The van der Waals surface area contributed by atoms with E-state index in [2.05, 4.69) is 5.32 Å². The average Bonchev–Trinajstić information content (AvgIpc) is 2.98. The van der Waals surface area contributed by atoms with Gasteiger partial charge in [-0.1, -0.05) is 18.6 Å². The number of amides is 3. The standard InChI is InChI=1S/C21H21N3O6/c1-30-15-8-5-7-14(13-15)22-18(25)11-3-2-4-12-23-20(26)16-9-6-10-17(24(28)29)19(16)21(23)27/h5-10,13H,2-4,11-12H2,1H3,(H,22,25). The fourth-order valence-corrected chi connectivity index (χ4v) is 3.33. The van der Waals surface area contributed by atoms with Crippen LogP contribution >= 0.6 is 0 Å². The Labute approximate surface area is 172 Å². The fraction of sp³-hybridized carbons (Fsp3) is 0.286. The number of nitrogens with one attached hydrogen (secondary N) is 1. The first-order chi connectivity index (χ1) is 14.4. The molecule has 0 aliphatic carbocycles. The molecule has 2 aromatic carbocycles. The van der Waals surface area contributed by atoms with E-state index in [1.54, 1.807) is 31.4 Å². The molecular formula is C21H21N3O6. The van der Waals surface area contributed by atoms with E-state index in [0.29, 0.717) is 37.1 Å². The van der Waals surface area contributed by atoms with Gasteiger partial charge in [0.2, 0.25) is 5.91 Å². The van der Waals surface area contributed by atoms with Gasteiger partial charge in [0.15, 0.2) is 0 Å². The summed E-state index contributed by atoms with van der Waals surface area (Å²) in [6, 6.07) is 11.1. The number of benzene rings is 2. The molecule has 30 heavy (non-hydrogen) atoms. The minimum Gasteiger partial charge on any atom is -0.497 e. The summed E-state index contributed by atoms with van der Waals surface area (Å²) in [6.45, 7) is 0.154. The highest BCUT2D eigenvalue weighted by Crippen LogP contribution is 2.30. The zero-order valence-electron chi connectivity index (χ0n) is 16.4. The summed E-state index contributed by atoms with van der Waals surface area (Å²) >= 11 is 0. The second kappa shape index (κ2) is 9.17. The molecule has 0 fully saturated rings. The Hall–Kier alpha value is -3.75. The van der Waals surface area contributed by atoms with E-state index >= 15 is 0 Å². The third-order valence-corrected chi connectivity index (χ3v) is 4.81. The van der Waals surface area contributed by atoms with E-state index in [4.69, 9.17) is 4.74 Å². The average molecular weight is 411 g/mol. The zero-order valence-corrected chi connectivity index (χ0v) is 16.4. The maximum atomic E-state index is 12.5. The van der Waals surface area contributed by atoms with Crippen LogP contribution in [0.4, 0.5) is 11.4 Å².